The van der Waals surface area contributed by atoms with Crippen molar-refractivity contribution in [1.82, 2.24) is 0 Å². The summed E-state index contributed by atoms with van der Waals surface area (Å²) in [4.78, 5) is 39.8. The summed E-state index contributed by atoms with van der Waals surface area (Å²) in [6.07, 6.45) is 0. The molecule has 2 aliphatic rings. The van der Waals surface area contributed by atoms with E-state index >= 15 is 0 Å². The van der Waals surface area contributed by atoms with Crippen LogP contribution in [0.5, 0.6) is 0 Å². The van der Waals surface area contributed by atoms with Crippen LogP contribution in [0, 0.1) is 19.8 Å². The van der Waals surface area contributed by atoms with Crippen LogP contribution in [0.3, 0.4) is 0 Å². The van der Waals surface area contributed by atoms with E-state index in [4.69, 9.17) is 11.6 Å². The van der Waals surface area contributed by atoms with Gasteiger partial charge in [-0.15, -0.1) is 0 Å². The zero-order chi connectivity index (χ0) is 20.2. The third kappa shape index (κ3) is 2.64. The van der Waals surface area contributed by atoms with E-state index in [2.05, 4.69) is 5.10 Å². The van der Waals surface area contributed by atoms with Crippen molar-refractivity contribution in [2.45, 2.75) is 26.8 Å². The van der Waals surface area contributed by atoms with Gasteiger partial charge in [-0.1, -0.05) is 35.4 Å². The Morgan fingerprint density at radius 3 is 2.36 bits per heavy atom. The third-order valence-electron chi connectivity index (χ3n) is 5.19. The minimum Gasteiger partial charge on any atom is -0.293 e. The van der Waals surface area contributed by atoms with Crippen molar-refractivity contribution in [3.8, 4) is 0 Å². The molecule has 0 N–H and O–H groups in total. The van der Waals surface area contributed by atoms with Gasteiger partial charge in [0, 0.05) is 11.9 Å². The van der Waals surface area contributed by atoms with Gasteiger partial charge in [-0.25, -0.2) is 4.90 Å². The predicted molar refractivity (Wildman–Crippen MR) is 108 cm³/mol. The molecule has 6 nitrogen and oxygen atoms in total. The monoisotopic (exact) mass is 395 g/mol. The molecule has 2 aliphatic heterocycles. The van der Waals surface area contributed by atoms with Gasteiger partial charge in [0.2, 0.25) is 5.91 Å². The second-order valence-electron chi connectivity index (χ2n) is 7.04. The number of anilines is 2. The fraction of sp³-hybridized carbons (Fsp3) is 0.238. The van der Waals surface area contributed by atoms with Crippen molar-refractivity contribution in [3.05, 3.63) is 58.6 Å². The van der Waals surface area contributed by atoms with E-state index in [1.807, 2.05) is 26.0 Å². The maximum absolute atomic E-state index is 13.3. The van der Waals surface area contributed by atoms with Crippen LogP contribution >= 0.6 is 11.6 Å². The molecule has 1 fully saturated rings. The number of nitrogens with zero attached hydrogens (tertiary/aromatic N) is 3. The standard InChI is InChI=1S/C21H18ClN3O3/c1-11-7-9-14(10-8-11)24-20(27)17-18(13(3)26)23-25(19(17)21(24)28)16-6-4-5-15(22)12(16)2/h4-10,17,19H,1-3H3/t17-,19+/m0/s1. The molecule has 0 spiro atoms. The first-order chi connectivity index (χ1) is 13.3. The fourth-order valence-electron chi connectivity index (χ4n) is 3.70. The van der Waals surface area contributed by atoms with E-state index in [0.717, 1.165) is 16.0 Å². The van der Waals surface area contributed by atoms with Crippen molar-refractivity contribution in [2.75, 3.05) is 9.91 Å². The molecule has 2 aromatic carbocycles. The number of hydrogen-bond acceptors (Lipinski definition) is 5. The van der Waals surface area contributed by atoms with Gasteiger partial charge in [0.05, 0.1) is 11.4 Å². The molecule has 2 aromatic rings. The molecule has 0 aliphatic carbocycles. The number of rotatable bonds is 3. The van der Waals surface area contributed by atoms with Gasteiger partial charge < -0.3 is 0 Å². The number of hydrazone groups is 1. The number of carbonyl (C=O) groups is 3. The van der Waals surface area contributed by atoms with E-state index in [1.54, 1.807) is 30.3 Å². The Morgan fingerprint density at radius 2 is 1.71 bits per heavy atom. The lowest BCUT2D eigenvalue weighted by Crippen LogP contribution is -2.39. The van der Waals surface area contributed by atoms with Gasteiger partial charge in [0.1, 0.15) is 17.7 Å². The first-order valence-electron chi connectivity index (χ1n) is 8.89. The number of ketones is 1. The van der Waals surface area contributed by atoms with Gasteiger partial charge in [0.15, 0.2) is 5.78 Å². The van der Waals surface area contributed by atoms with Crippen LogP contribution in [0.2, 0.25) is 5.02 Å². The summed E-state index contributed by atoms with van der Waals surface area (Å²) in [7, 11) is 0. The summed E-state index contributed by atoms with van der Waals surface area (Å²) >= 11 is 6.23. The number of benzene rings is 2. The maximum Gasteiger partial charge on any atom is 0.259 e. The quantitative estimate of drug-likeness (QED) is 0.748. The van der Waals surface area contributed by atoms with E-state index in [0.29, 0.717) is 16.4 Å². The highest BCUT2D eigenvalue weighted by atomic mass is 35.5. The number of aryl methyl sites for hydroxylation is 1. The Hall–Kier alpha value is -2.99. The molecule has 0 aromatic heterocycles. The highest BCUT2D eigenvalue weighted by Gasteiger charge is 2.58. The van der Waals surface area contributed by atoms with Crippen molar-refractivity contribution < 1.29 is 14.4 Å². The number of amides is 2. The molecule has 4 rings (SSSR count). The number of imide groups is 1. The van der Waals surface area contributed by atoms with E-state index in [-0.39, 0.29) is 11.5 Å². The molecule has 142 valence electrons. The Labute approximate surface area is 167 Å². The summed E-state index contributed by atoms with van der Waals surface area (Å²) in [5.41, 5.74) is 2.93. The molecular formula is C21H18ClN3O3. The highest BCUT2D eigenvalue weighted by molar-refractivity contribution is 6.49. The van der Waals surface area contributed by atoms with Crippen LogP contribution in [0.4, 0.5) is 11.4 Å². The number of fused-ring (bicyclic) bond motifs is 1. The predicted octanol–water partition coefficient (Wildman–Crippen LogP) is 3.28. The fourth-order valence-corrected chi connectivity index (χ4v) is 3.87. The number of carbonyl (C=O) groups excluding carboxylic acids is 3. The van der Waals surface area contributed by atoms with E-state index < -0.39 is 23.8 Å². The molecule has 28 heavy (non-hydrogen) atoms. The molecule has 0 unspecified atom stereocenters. The number of Topliss-reactive ketones (excluding diaryl/α,β-unsaturated/α-hetero) is 1. The van der Waals surface area contributed by atoms with Crippen molar-refractivity contribution in [2.24, 2.45) is 11.0 Å². The van der Waals surface area contributed by atoms with Gasteiger partial charge in [0.25, 0.3) is 5.91 Å². The molecule has 0 bridgehead atoms. The second kappa shape index (κ2) is 6.56. The Bertz CT molecular complexity index is 1050. The highest BCUT2D eigenvalue weighted by Crippen LogP contribution is 2.40. The summed E-state index contributed by atoms with van der Waals surface area (Å²) in [6.45, 7) is 5.10. The maximum atomic E-state index is 13.3. The van der Waals surface area contributed by atoms with Crippen LogP contribution in [-0.4, -0.2) is 29.4 Å². The lowest BCUT2D eigenvalue weighted by atomic mass is 9.95. The molecule has 0 saturated carbocycles. The Balaban J connectivity index is 1.83. The van der Waals surface area contributed by atoms with E-state index in [9.17, 15) is 14.4 Å². The zero-order valence-electron chi connectivity index (χ0n) is 15.6. The van der Waals surface area contributed by atoms with Crippen LogP contribution in [0.1, 0.15) is 18.1 Å². The SMILES string of the molecule is CC(=O)C1=NN(c2cccc(Cl)c2C)[C@H]2C(=O)N(c3ccc(C)cc3)C(=O)[C@@H]12. The second-order valence-corrected chi connectivity index (χ2v) is 7.45. The van der Waals surface area contributed by atoms with Gasteiger partial charge in [-0.05, 0) is 43.7 Å². The van der Waals surface area contributed by atoms with Crippen molar-refractivity contribution in [3.63, 3.8) is 0 Å². The molecule has 0 radical (unpaired) electrons. The number of hydrogen-bond donors (Lipinski definition) is 0. The average molecular weight is 396 g/mol. The minimum atomic E-state index is -0.926. The largest absolute Gasteiger partial charge is 0.293 e. The zero-order valence-corrected chi connectivity index (χ0v) is 16.4. The summed E-state index contributed by atoms with van der Waals surface area (Å²) in [5.74, 6) is -2.10. The Morgan fingerprint density at radius 1 is 1.04 bits per heavy atom. The normalized spacial score (nSPS) is 21.2. The van der Waals surface area contributed by atoms with Crippen molar-refractivity contribution >= 4 is 46.3 Å². The summed E-state index contributed by atoms with van der Waals surface area (Å²) in [5, 5.41) is 6.35. The molecular weight excluding hydrogens is 378 g/mol. The van der Waals surface area contributed by atoms with Crippen molar-refractivity contribution in [1.29, 1.82) is 0 Å². The molecule has 1 saturated heterocycles. The topological polar surface area (TPSA) is 70.1 Å². The van der Waals surface area contributed by atoms with Crippen LogP contribution in [0.15, 0.2) is 47.6 Å². The first kappa shape index (κ1) is 18.4. The van der Waals surface area contributed by atoms with Gasteiger partial charge in [-0.3, -0.25) is 19.4 Å². The van der Waals surface area contributed by atoms with E-state index in [1.165, 1.54) is 11.9 Å². The first-order valence-corrected chi connectivity index (χ1v) is 9.27. The van der Waals surface area contributed by atoms with Gasteiger partial charge in [-0.2, -0.15) is 5.10 Å². The van der Waals surface area contributed by atoms with Crippen LogP contribution < -0.4 is 9.91 Å². The average Bonchev–Trinajstić information content (AvgIpc) is 3.16. The minimum absolute atomic E-state index is 0.0948. The number of halogens is 1. The van der Waals surface area contributed by atoms with Gasteiger partial charge >= 0.3 is 0 Å². The summed E-state index contributed by atoms with van der Waals surface area (Å²) in [6, 6.07) is 11.5. The molecule has 2 heterocycles. The lowest BCUT2D eigenvalue weighted by Gasteiger charge is -2.24. The molecule has 2 amide bonds. The van der Waals surface area contributed by atoms with Crippen LogP contribution in [-0.2, 0) is 14.4 Å². The van der Waals surface area contributed by atoms with Crippen LogP contribution in [0.25, 0.3) is 0 Å². The molecule has 2 atom stereocenters. The smallest absolute Gasteiger partial charge is 0.259 e. The third-order valence-corrected chi connectivity index (χ3v) is 5.60. The molecule has 7 heteroatoms. The summed E-state index contributed by atoms with van der Waals surface area (Å²) < 4.78 is 0. The Kier molecular flexibility index (Phi) is 4.31. The lowest BCUT2D eigenvalue weighted by molar-refractivity contribution is -0.122.